The largest absolute Gasteiger partial charge is 0.416 e. The van der Waals surface area contributed by atoms with Gasteiger partial charge in [-0.3, -0.25) is 0 Å². The molecule has 0 saturated carbocycles. The average molecular weight is 600 g/mol. The van der Waals surface area contributed by atoms with Crippen LogP contribution in [0, 0.1) is 10.6 Å². The molecule has 5 N–H and O–H groups in total. The molecule has 4 bridgehead atoms. The van der Waals surface area contributed by atoms with Crippen LogP contribution in [0.2, 0.25) is 0 Å². The molecule has 5 rings (SSSR count). The van der Waals surface area contributed by atoms with Crippen molar-refractivity contribution < 1.29 is 26.6 Å². The number of anilines is 5. The zero-order chi connectivity index (χ0) is 29.9. The van der Waals surface area contributed by atoms with Crippen LogP contribution in [-0.4, -0.2) is 32.5 Å². The number of alkyl halides is 3. The minimum absolute atomic E-state index is 0.104. The fourth-order valence-corrected chi connectivity index (χ4v) is 5.76. The SMILES string of the molecule is N=S1(=O)CCCCNc2nc(ncc2-c2ccc(NC(=O)Nc3cccc(C(F)(F)F)c3)c(F)c2)Nc2cccc1c2. The number of carbonyl (C=O) groups excluding carboxylic acids is 1. The van der Waals surface area contributed by atoms with Crippen LogP contribution >= 0.6 is 0 Å². The number of fused-ring (bicyclic) bond motifs is 4. The number of rotatable bonds is 3. The second-order valence-electron chi connectivity index (χ2n) is 9.47. The number of aromatic nitrogens is 2. The number of urea groups is 1. The smallest absolute Gasteiger partial charge is 0.369 e. The third-order valence-corrected chi connectivity index (χ3v) is 8.27. The molecule has 0 aliphatic carbocycles. The fourth-order valence-electron chi connectivity index (χ4n) is 4.29. The molecule has 0 fully saturated rings. The first kappa shape index (κ1) is 28.8. The normalized spacial score (nSPS) is 17.0. The van der Waals surface area contributed by atoms with Gasteiger partial charge in [0.15, 0.2) is 0 Å². The summed E-state index contributed by atoms with van der Waals surface area (Å²) in [5.74, 6) is 0.0683. The van der Waals surface area contributed by atoms with E-state index in [1.165, 1.54) is 24.4 Å². The van der Waals surface area contributed by atoms with E-state index in [1.54, 1.807) is 30.3 Å². The molecular weight excluding hydrogens is 574 g/mol. The molecule has 1 atom stereocenters. The van der Waals surface area contributed by atoms with Crippen LogP contribution < -0.4 is 21.3 Å². The summed E-state index contributed by atoms with van der Waals surface area (Å²) in [5, 5.41) is 10.8. The third-order valence-electron chi connectivity index (χ3n) is 6.39. The lowest BCUT2D eigenvalue weighted by Gasteiger charge is -2.14. The Morgan fingerprint density at radius 3 is 2.60 bits per heavy atom. The molecule has 3 aromatic carbocycles. The topological polar surface area (TPSA) is 132 Å². The van der Waals surface area contributed by atoms with Gasteiger partial charge in [-0.05, 0) is 66.9 Å². The fraction of sp³-hybridized carbons (Fsp3) is 0.179. The Morgan fingerprint density at radius 2 is 1.81 bits per heavy atom. The van der Waals surface area contributed by atoms with E-state index in [9.17, 15) is 22.2 Å². The van der Waals surface area contributed by atoms with E-state index in [4.69, 9.17) is 4.78 Å². The van der Waals surface area contributed by atoms with Crippen molar-refractivity contribution in [2.45, 2.75) is 23.9 Å². The first-order valence-corrected chi connectivity index (χ1v) is 14.5. The van der Waals surface area contributed by atoms with E-state index in [2.05, 4.69) is 31.2 Å². The minimum Gasteiger partial charge on any atom is -0.369 e. The predicted molar refractivity (Wildman–Crippen MR) is 153 cm³/mol. The minimum atomic E-state index is -4.58. The predicted octanol–water partition coefficient (Wildman–Crippen LogP) is 7.30. The lowest BCUT2D eigenvalue weighted by atomic mass is 10.1. The number of amides is 2. The van der Waals surface area contributed by atoms with Gasteiger partial charge in [-0.1, -0.05) is 18.2 Å². The highest BCUT2D eigenvalue weighted by atomic mass is 32.2. The zero-order valence-electron chi connectivity index (χ0n) is 21.9. The molecule has 42 heavy (non-hydrogen) atoms. The van der Waals surface area contributed by atoms with Crippen LogP contribution in [0.25, 0.3) is 11.1 Å². The van der Waals surface area contributed by atoms with E-state index in [1.807, 2.05) is 0 Å². The van der Waals surface area contributed by atoms with Crippen LogP contribution in [0.1, 0.15) is 18.4 Å². The summed E-state index contributed by atoms with van der Waals surface area (Å²) >= 11 is 0. The van der Waals surface area contributed by atoms with Gasteiger partial charge in [-0.2, -0.15) is 18.2 Å². The molecule has 1 aromatic heterocycles. The summed E-state index contributed by atoms with van der Waals surface area (Å²) < 4.78 is 75.1. The van der Waals surface area contributed by atoms with Crippen LogP contribution in [-0.2, 0) is 15.9 Å². The first-order valence-electron chi connectivity index (χ1n) is 12.8. The molecule has 1 unspecified atom stereocenters. The summed E-state index contributed by atoms with van der Waals surface area (Å²) in [5.41, 5.74) is 0.233. The molecule has 2 amide bonds. The molecule has 2 heterocycles. The second-order valence-corrected chi connectivity index (χ2v) is 11.7. The van der Waals surface area contributed by atoms with E-state index >= 15 is 4.39 Å². The molecule has 9 nitrogen and oxygen atoms in total. The molecule has 14 heteroatoms. The number of halogens is 4. The molecule has 0 spiro atoms. The lowest BCUT2D eigenvalue weighted by molar-refractivity contribution is -0.137. The van der Waals surface area contributed by atoms with Crippen molar-refractivity contribution in [1.29, 1.82) is 4.78 Å². The van der Waals surface area contributed by atoms with Gasteiger partial charge in [0.05, 0.1) is 21.0 Å². The van der Waals surface area contributed by atoms with Gasteiger partial charge in [0.25, 0.3) is 0 Å². The molecule has 218 valence electrons. The Kier molecular flexibility index (Phi) is 7.98. The van der Waals surface area contributed by atoms with Crippen molar-refractivity contribution >= 4 is 44.6 Å². The van der Waals surface area contributed by atoms with E-state index in [0.29, 0.717) is 46.9 Å². The van der Waals surface area contributed by atoms with Gasteiger partial charge in [0.2, 0.25) is 5.95 Å². The maximum Gasteiger partial charge on any atom is 0.416 e. The van der Waals surface area contributed by atoms with E-state index in [-0.39, 0.29) is 23.1 Å². The third kappa shape index (κ3) is 6.77. The summed E-state index contributed by atoms with van der Waals surface area (Å²) in [6, 6.07) is 14.0. The van der Waals surface area contributed by atoms with Crippen molar-refractivity contribution in [1.82, 2.24) is 9.97 Å². The zero-order valence-corrected chi connectivity index (χ0v) is 22.7. The van der Waals surface area contributed by atoms with Crippen LogP contribution in [0.5, 0.6) is 0 Å². The molecule has 1 aliphatic rings. The standard InChI is InChI=1S/C28H25F4N7O2S/c29-23-13-17(9-10-24(23)38-27(40)37-19-6-3-5-18(14-19)28(30,31)32)22-16-35-26-36-20-7-4-8-21(15-20)42(33,41)12-2-1-11-34-25(22)39-26/h3-10,13-16,33H,1-2,11-12H2,(H2,37,38,40)(H2,34,35,36,39). The van der Waals surface area contributed by atoms with Crippen molar-refractivity contribution in [2.24, 2.45) is 0 Å². The van der Waals surface area contributed by atoms with Crippen molar-refractivity contribution in [2.75, 3.05) is 33.6 Å². The molecule has 1 aliphatic heterocycles. The number of benzene rings is 3. The number of hydrogen-bond acceptors (Lipinski definition) is 7. The highest BCUT2D eigenvalue weighted by Crippen LogP contribution is 2.32. The van der Waals surface area contributed by atoms with Gasteiger partial charge in [-0.25, -0.2) is 23.2 Å². The highest BCUT2D eigenvalue weighted by molar-refractivity contribution is 7.92. The van der Waals surface area contributed by atoms with Crippen molar-refractivity contribution in [3.63, 3.8) is 0 Å². The van der Waals surface area contributed by atoms with E-state index in [0.717, 1.165) is 18.2 Å². The van der Waals surface area contributed by atoms with Gasteiger partial charge in [0.1, 0.15) is 11.6 Å². The number of carbonyl (C=O) groups is 1. The van der Waals surface area contributed by atoms with Gasteiger partial charge in [0, 0.05) is 40.3 Å². The monoisotopic (exact) mass is 599 g/mol. The van der Waals surface area contributed by atoms with Crippen LogP contribution in [0.15, 0.2) is 77.8 Å². The molecule has 4 aromatic rings. The Balaban J connectivity index is 1.36. The van der Waals surface area contributed by atoms with Crippen LogP contribution in [0.4, 0.5) is 51.2 Å². The Bertz CT molecular complexity index is 1750. The Morgan fingerprint density at radius 1 is 1.00 bits per heavy atom. The summed E-state index contributed by atoms with van der Waals surface area (Å²) in [6.45, 7) is 0.453. The van der Waals surface area contributed by atoms with Gasteiger partial charge < -0.3 is 21.3 Å². The number of hydrogen-bond donors (Lipinski definition) is 5. The van der Waals surface area contributed by atoms with Crippen molar-refractivity contribution in [3.8, 4) is 11.1 Å². The second kappa shape index (κ2) is 11.6. The Hall–Kier alpha value is -4.72. The van der Waals surface area contributed by atoms with Gasteiger partial charge in [-0.15, -0.1) is 0 Å². The maximum absolute atomic E-state index is 15.1. The highest BCUT2D eigenvalue weighted by Gasteiger charge is 2.30. The summed E-state index contributed by atoms with van der Waals surface area (Å²) in [7, 11) is -2.96. The Labute approximate surface area is 238 Å². The van der Waals surface area contributed by atoms with E-state index < -0.39 is 33.3 Å². The summed E-state index contributed by atoms with van der Waals surface area (Å²) in [4.78, 5) is 21.7. The quantitative estimate of drug-likeness (QED) is 0.157. The van der Waals surface area contributed by atoms with Gasteiger partial charge >= 0.3 is 12.2 Å². The first-order chi connectivity index (χ1) is 20.0. The molecular formula is C28H25F4N7O2S. The van der Waals surface area contributed by atoms with Crippen molar-refractivity contribution in [3.05, 3.63) is 84.3 Å². The average Bonchev–Trinajstić information content (AvgIpc) is 2.94. The number of nitrogens with one attached hydrogen (secondary N) is 5. The molecule has 0 saturated heterocycles. The number of nitrogens with zero attached hydrogens (tertiary/aromatic N) is 2. The maximum atomic E-state index is 15.1. The molecule has 0 radical (unpaired) electrons. The van der Waals surface area contributed by atoms with Crippen LogP contribution in [0.3, 0.4) is 0 Å². The lowest BCUT2D eigenvalue weighted by Crippen LogP contribution is -2.20. The summed E-state index contributed by atoms with van der Waals surface area (Å²) in [6.07, 6.45) is -1.91.